The van der Waals surface area contributed by atoms with Crippen molar-refractivity contribution in [3.05, 3.63) is 105 Å². The van der Waals surface area contributed by atoms with Gasteiger partial charge >= 0.3 is 0 Å². The maximum Gasteiger partial charge on any atom is 0.270 e. The number of nitro groups is 1. The van der Waals surface area contributed by atoms with Crippen molar-refractivity contribution in [3.8, 4) is 11.1 Å². The van der Waals surface area contributed by atoms with Crippen LogP contribution >= 0.6 is 15.9 Å². The Hall–Kier alpha value is -3.05. The molecule has 3 aromatic carbocycles. The van der Waals surface area contributed by atoms with E-state index in [1.807, 2.05) is 42.5 Å². The maximum absolute atomic E-state index is 12.6. The summed E-state index contributed by atoms with van der Waals surface area (Å²) in [4.78, 5) is 23.0. The van der Waals surface area contributed by atoms with Crippen molar-refractivity contribution in [1.29, 1.82) is 0 Å². The van der Waals surface area contributed by atoms with Crippen LogP contribution in [-0.4, -0.2) is 10.7 Å². The van der Waals surface area contributed by atoms with Gasteiger partial charge in [-0.05, 0) is 38.7 Å². The molecule has 0 bridgehead atoms. The van der Waals surface area contributed by atoms with E-state index >= 15 is 0 Å². The van der Waals surface area contributed by atoms with Crippen molar-refractivity contribution in [3.63, 3.8) is 0 Å². The number of ketones is 1. The number of halogens is 1. The van der Waals surface area contributed by atoms with E-state index in [0.717, 1.165) is 11.1 Å². The fourth-order valence-electron chi connectivity index (χ4n) is 2.52. The molecule has 0 aliphatic heterocycles. The second kappa shape index (κ2) is 7.89. The number of allylic oxidation sites excluding steroid dienone is 1. The molecule has 0 spiro atoms. The summed E-state index contributed by atoms with van der Waals surface area (Å²) < 4.78 is 0.338. The van der Waals surface area contributed by atoms with Crippen LogP contribution in [0.5, 0.6) is 0 Å². The molecule has 0 heterocycles. The van der Waals surface area contributed by atoms with Gasteiger partial charge in [-0.3, -0.25) is 14.9 Å². The molecule has 0 saturated heterocycles. The Morgan fingerprint density at radius 2 is 1.54 bits per heavy atom. The fraction of sp³-hybridized carbons (Fsp3) is 0. The second-order valence-electron chi connectivity index (χ2n) is 5.62. The molecular formula is C21H14BrNO3. The van der Waals surface area contributed by atoms with Gasteiger partial charge in [0.15, 0.2) is 5.78 Å². The van der Waals surface area contributed by atoms with Crippen molar-refractivity contribution in [2.24, 2.45) is 0 Å². The summed E-state index contributed by atoms with van der Waals surface area (Å²) in [5.41, 5.74) is 3.22. The first-order valence-corrected chi connectivity index (χ1v) is 8.66. The lowest BCUT2D eigenvalue weighted by atomic mass is 10.0. The maximum atomic E-state index is 12.6. The van der Waals surface area contributed by atoms with Gasteiger partial charge in [0.25, 0.3) is 5.69 Å². The molecule has 0 radical (unpaired) electrons. The van der Waals surface area contributed by atoms with Crippen molar-refractivity contribution in [2.75, 3.05) is 0 Å². The molecule has 4 nitrogen and oxygen atoms in total. The minimum atomic E-state index is -0.463. The van der Waals surface area contributed by atoms with Crippen LogP contribution in [0.15, 0.2) is 83.3 Å². The van der Waals surface area contributed by atoms with Crippen LogP contribution in [0.1, 0.15) is 15.9 Å². The summed E-state index contributed by atoms with van der Waals surface area (Å²) in [6.45, 7) is 0. The number of nitrogens with zero attached hydrogens (tertiary/aromatic N) is 1. The number of Topliss-reactive ketones (excluding diaryl/α,β-unsaturated/α-hetero) is 1. The van der Waals surface area contributed by atoms with E-state index in [-0.39, 0.29) is 11.5 Å². The lowest BCUT2D eigenvalue weighted by molar-refractivity contribution is -0.384. The van der Waals surface area contributed by atoms with Crippen molar-refractivity contribution >= 4 is 33.5 Å². The molecule has 0 aromatic heterocycles. The van der Waals surface area contributed by atoms with Crippen LogP contribution in [0.2, 0.25) is 0 Å². The van der Waals surface area contributed by atoms with Crippen molar-refractivity contribution < 1.29 is 9.72 Å². The predicted octanol–water partition coefficient (Wildman–Crippen LogP) is 5.88. The number of rotatable bonds is 5. The smallest absolute Gasteiger partial charge is 0.270 e. The largest absolute Gasteiger partial charge is 0.288 e. The summed E-state index contributed by atoms with van der Waals surface area (Å²) in [5, 5.41) is 10.8. The molecule has 0 aliphatic carbocycles. The van der Waals surface area contributed by atoms with Gasteiger partial charge in [0.2, 0.25) is 0 Å². The summed E-state index contributed by atoms with van der Waals surface area (Å²) in [5.74, 6) is -0.184. The first-order valence-electron chi connectivity index (χ1n) is 7.86. The minimum absolute atomic E-state index is 0.0151. The molecule has 5 heteroatoms. The minimum Gasteiger partial charge on any atom is -0.288 e. The molecule has 0 atom stereocenters. The van der Waals surface area contributed by atoms with Crippen LogP contribution in [0.3, 0.4) is 0 Å². The number of nitro benzene ring substituents is 1. The Kier molecular flexibility index (Phi) is 5.39. The van der Waals surface area contributed by atoms with Gasteiger partial charge in [-0.15, -0.1) is 0 Å². The van der Waals surface area contributed by atoms with Crippen molar-refractivity contribution in [1.82, 2.24) is 0 Å². The highest BCUT2D eigenvalue weighted by Crippen LogP contribution is 2.23. The topological polar surface area (TPSA) is 60.2 Å². The molecule has 26 heavy (non-hydrogen) atoms. The van der Waals surface area contributed by atoms with Gasteiger partial charge < -0.3 is 0 Å². The summed E-state index contributed by atoms with van der Waals surface area (Å²) >= 11 is 3.28. The van der Waals surface area contributed by atoms with Gasteiger partial charge in [-0.2, -0.15) is 0 Å². The molecule has 0 amide bonds. The molecule has 0 N–H and O–H groups in total. The number of hydrogen-bond donors (Lipinski definition) is 0. The zero-order chi connectivity index (χ0) is 18.5. The molecule has 0 aliphatic rings. The van der Waals surface area contributed by atoms with E-state index in [9.17, 15) is 14.9 Å². The predicted molar refractivity (Wildman–Crippen MR) is 106 cm³/mol. The third-order valence-electron chi connectivity index (χ3n) is 3.85. The Morgan fingerprint density at radius 3 is 2.19 bits per heavy atom. The van der Waals surface area contributed by atoms with Gasteiger partial charge in [0, 0.05) is 17.7 Å². The van der Waals surface area contributed by atoms with Crippen molar-refractivity contribution in [2.45, 2.75) is 0 Å². The van der Waals surface area contributed by atoms with E-state index < -0.39 is 4.92 Å². The lowest BCUT2D eigenvalue weighted by Crippen LogP contribution is -1.98. The highest BCUT2D eigenvalue weighted by molar-refractivity contribution is 9.12. The van der Waals surface area contributed by atoms with E-state index in [4.69, 9.17) is 0 Å². The third-order valence-corrected chi connectivity index (χ3v) is 4.43. The van der Waals surface area contributed by atoms with Gasteiger partial charge in [-0.1, -0.05) is 66.7 Å². The van der Waals surface area contributed by atoms with Crippen LogP contribution in [0, 0.1) is 10.1 Å². The average Bonchev–Trinajstić information content (AvgIpc) is 2.68. The average molecular weight is 408 g/mol. The number of non-ortho nitro benzene ring substituents is 1. The number of hydrogen-bond acceptors (Lipinski definition) is 3. The highest BCUT2D eigenvalue weighted by atomic mass is 79.9. The second-order valence-corrected chi connectivity index (χ2v) is 6.47. The van der Waals surface area contributed by atoms with E-state index in [0.29, 0.717) is 15.6 Å². The first kappa shape index (κ1) is 17.8. The Morgan fingerprint density at radius 1 is 0.885 bits per heavy atom. The fourth-order valence-corrected chi connectivity index (χ4v) is 3.02. The van der Waals surface area contributed by atoms with E-state index in [1.165, 1.54) is 12.1 Å². The quantitative estimate of drug-likeness (QED) is 0.229. The van der Waals surface area contributed by atoms with Crippen LogP contribution in [0.25, 0.3) is 17.2 Å². The Bertz CT molecular complexity index is 980. The monoisotopic (exact) mass is 407 g/mol. The first-order chi connectivity index (χ1) is 12.5. The number of carbonyl (C=O) groups is 1. The van der Waals surface area contributed by atoms with Gasteiger partial charge in [0.1, 0.15) is 0 Å². The van der Waals surface area contributed by atoms with Gasteiger partial charge in [-0.25, -0.2) is 0 Å². The third kappa shape index (κ3) is 4.13. The van der Waals surface area contributed by atoms with Gasteiger partial charge in [0.05, 0.1) is 9.41 Å². The normalized spacial score (nSPS) is 11.2. The highest BCUT2D eigenvalue weighted by Gasteiger charge is 2.11. The summed E-state index contributed by atoms with van der Waals surface area (Å²) in [6, 6.07) is 23.4. The molecule has 0 saturated carbocycles. The molecule has 3 aromatic rings. The molecular weight excluding hydrogens is 394 g/mol. The summed E-state index contributed by atoms with van der Waals surface area (Å²) in [6.07, 6.45) is 1.58. The summed E-state index contributed by atoms with van der Waals surface area (Å²) in [7, 11) is 0. The van der Waals surface area contributed by atoms with Crippen LogP contribution < -0.4 is 0 Å². The van der Waals surface area contributed by atoms with E-state index in [2.05, 4.69) is 15.9 Å². The molecule has 3 rings (SSSR count). The van der Waals surface area contributed by atoms with Crippen LogP contribution in [0.4, 0.5) is 5.69 Å². The lowest BCUT2D eigenvalue weighted by Gasteiger charge is -2.04. The standard InChI is InChI=1S/C21H14BrNO3/c22-20(14-15-5-4-8-19(13-15)23(25)26)21(24)18-11-9-17(10-12-18)16-6-2-1-3-7-16/h1-14H/b20-14-. The molecule has 0 fully saturated rings. The van der Waals surface area contributed by atoms with E-state index in [1.54, 1.807) is 30.3 Å². The van der Waals surface area contributed by atoms with Crippen LogP contribution in [-0.2, 0) is 0 Å². The number of carbonyl (C=O) groups excluding carboxylic acids is 1. The SMILES string of the molecule is O=C(/C(Br)=C/c1cccc([N+](=O)[O-])c1)c1ccc(-c2ccccc2)cc1. The zero-order valence-corrected chi connectivity index (χ0v) is 15.2. The Labute approximate surface area is 159 Å². The zero-order valence-electron chi connectivity index (χ0n) is 13.6. The Balaban J connectivity index is 1.82. The number of benzene rings is 3. The molecule has 128 valence electrons. The molecule has 0 unspecified atom stereocenters.